The summed E-state index contributed by atoms with van der Waals surface area (Å²) < 4.78 is 1.95. The number of carboxylic acid groups (broad SMARTS) is 1. The van der Waals surface area contributed by atoms with Crippen molar-refractivity contribution in [3.63, 3.8) is 0 Å². The van der Waals surface area contributed by atoms with Crippen LogP contribution in [0.2, 0.25) is 0 Å². The van der Waals surface area contributed by atoms with E-state index < -0.39 is 5.97 Å². The summed E-state index contributed by atoms with van der Waals surface area (Å²) in [5.41, 5.74) is 0.532. The summed E-state index contributed by atoms with van der Waals surface area (Å²) in [6, 6.07) is 1.50. The molecule has 2 rings (SSSR count). The van der Waals surface area contributed by atoms with Crippen LogP contribution in [0.25, 0.3) is 0 Å². The van der Waals surface area contributed by atoms with E-state index in [1.165, 1.54) is 12.3 Å². The van der Waals surface area contributed by atoms with Gasteiger partial charge in [-0.2, -0.15) is 0 Å². The van der Waals surface area contributed by atoms with Crippen LogP contribution in [-0.4, -0.2) is 38.7 Å². The molecule has 0 bridgehead atoms. The fraction of sp³-hybridized carbons (Fsp3) is 0.647. The number of hydrogen-bond acceptors (Lipinski definition) is 4. The quantitative estimate of drug-likeness (QED) is 0.751. The molecule has 0 radical (unpaired) electrons. The molecule has 0 spiro atoms. The molecule has 23 heavy (non-hydrogen) atoms. The van der Waals surface area contributed by atoms with Crippen LogP contribution in [0.15, 0.2) is 17.1 Å². The minimum atomic E-state index is -0.717. The van der Waals surface area contributed by atoms with Crippen molar-refractivity contribution in [1.82, 2.24) is 9.47 Å². The Morgan fingerprint density at radius 1 is 1.30 bits per heavy atom. The van der Waals surface area contributed by atoms with E-state index in [1.807, 2.05) is 4.57 Å². The molecule has 1 fully saturated rings. The number of carboxylic acids is 1. The Labute approximate surface area is 136 Å². The topological polar surface area (TPSA) is 82.8 Å². The van der Waals surface area contributed by atoms with Crippen LogP contribution < -0.4 is 5.43 Å². The summed E-state index contributed by atoms with van der Waals surface area (Å²) in [4.78, 5) is 24.9. The number of likely N-dealkylation sites (tertiary alicyclic amines) is 1. The Morgan fingerprint density at radius 3 is 2.61 bits per heavy atom. The van der Waals surface area contributed by atoms with Crippen molar-refractivity contribution in [1.29, 1.82) is 0 Å². The average Bonchev–Trinajstić information content (AvgIpc) is 2.52. The van der Waals surface area contributed by atoms with Crippen LogP contribution >= 0.6 is 0 Å². The Bertz CT molecular complexity index is 589. The first kappa shape index (κ1) is 17.5. The van der Waals surface area contributed by atoms with Gasteiger partial charge >= 0.3 is 5.97 Å². The van der Waals surface area contributed by atoms with E-state index in [2.05, 4.69) is 11.8 Å². The second-order valence-electron chi connectivity index (χ2n) is 6.30. The highest BCUT2D eigenvalue weighted by atomic mass is 16.4. The van der Waals surface area contributed by atoms with Crippen LogP contribution in [-0.2, 0) is 17.9 Å². The molecule has 128 valence electrons. The summed E-state index contributed by atoms with van der Waals surface area (Å²) in [5.74, 6) is -1.18. The molecule has 0 atom stereocenters. The van der Waals surface area contributed by atoms with Gasteiger partial charge in [0, 0.05) is 24.8 Å². The number of aromatic nitrogens is 1. The highest BCUT2D eigenvalue weighted by molar-refractivity contribution is 5.70. The number of rotatable bonds is 7. The smallest absolute Gasteiger partial charge is 0.306 e. The molecule has 1 aliphatic heterocycles. The maximum absolute atomic E-state index is 11.7. The third-order valence-corrected chi connectivity index (χ3v) is 4.52. The molecule has 1 aliphatic rings. The van der Waals surface area contributed by atoms with E-state index in [9.17, 15) is 14.7 Å². The molecule has 1 aromatic rings. The van der Waals surface area contributed by atoms with Gasteiger partial charge in [0.05, 0.1) is 12.1 Å². The molecule has 1 aromatic heterocycles. The zero-order valence-electron chi connectivity index (χ0n) is 13.7. The molecule has 6 nitrogen and oxygen atoms in total. The van der Waals surface area contributed by atoms with Crippen molar-refractivity contribution in [2.75, 3.05) is 13.1 Å². The van der Waals surface area contributed by atoms with Gasteiger partial charge in [-0.1, -0.05) is 19.8 Å². The lowest BCUT2D eigenvalue weighted by Crippen LogP contribution is -2.36. The van der Waals surface area contributed by atoms with Crippen LogP contribution in [0.1, 0.15) is 44.7 Å². The lowest BCUT2D eigenvalue weighted by molar-refractivity contribution is -0.143. The lowest BCUT2D eigenvalue weighted by Gasteiger charge is -2.30. The molecular weight excluding hydrogens is 296 g/mol. The maximum atomic E-state index is 11.7. The lowest BCUT2D eigenvalue weighted by atomic mass is 9.97. The number of pyridine rings is 1. The minimum absolute atomic E-state index is 0.213. The first-order valence-electron chi connectivity index (χ1n) is 8.38. The van der Waals surface area contributed by atoms with E-state index in [0.717, 1.165) is 44.6 Å². The average molecular weight is 322 g/mol. The van der Waals surface area contributed by atoms with Gasteiger partial charge in [0.15, 0.2) is 5.75 Å². The SMILES string of the molecule is CCCCCn1cc(O)c(=O)cc1CN1CCC(C(=O)O)CC1. The summed E-state index contributed by atoms with van der Waals surface area (Å²) >= 11 is 0. The molecular formula is C17H26N2O4. The van der Waals surface area contributed by atoms with Crippen molar-refractivity contribution in [3.8, 4) is 5.75 Å². The molecule has 6 heteroatoms. The highest BCUT2D eigenvalue weighted by Crippen LogP contribution is 2.19. The molecule has 0 saturated carbocycles. The Kier molecular flexibility index (Phi) is 6.21. The van der Waals surface area contributed by atoms with Gasteiger partial charge < -0.3 is 14.8 Å². The predicted molar refractivity (Wildman–Crippen MR) is 87.5 cm³/mol. The van der Waals surface area contributed by atoms with Crippen molar-refractivity contribution < 1.29 is 15.0 Å². The molecule has 1 saturated heterocycles. The molecule has 0 aliphatic carbocycles. The standard InChI is InChI=1S/C17H26N2O4/c1-2-3-4-7-19-12-16(21)15(20)10-14(19)11-18-8-5-13(6-9-18)17(22)23/h10,12-13,21H,2-9,11H2,1H3,(H,22,23). The summed E-state index contributed by atoms with van der Waals surface area (Å²) in [6.45, 7) is 4.98. The molecule has 0 aromatic carbocycles. The van der Waals surface area contributed by atoms with E-state index in [4.69, 9.17) is 5.11 Å². The fourth-order valence-electron chi connectivity index (χ4n) is 3.05. The van der Waals surface area contributed by atoms with Crippen molar-refractivity contribution >= 4 is 5.97 Å². The van der Waals surface area contributed by atoms with E-state index in [1.54, 1.807) is 0 Å². The molecule has 0 amide bonds. The summed E-state index contributed by atoms with van der Waals surface area (Å²) in [6.07, 6.45) is 6.05. The third-order valence-electron chi connectivity index (χ3n) is 4.52. The fourth-order valence-corrected chi connectivity index (χ4v) is 3.05. The van der Waals surface area contributed by atoms with Crippen LogP contribution in [0, 0.1) is 5.92 Å². The predicted octanol–water partition coefficient (Wildman–Crippen LogP) is 2.04. The second-order valence-corrected chi connectivity index (χ2v) is 6.30. The third kappa shape index (κ3) is 4.82. The number of aromatic hydroxyl groups is 1. The van der Waals surface area contributed by atoms with Crippen LogP contribution in [0.3, 0.4) is 0 Å². The normalized spacial score (nSPS) is 16.6. The van der Waals surface area contributed by atoms with Gasteiger partial charge in [-0.25, -0.2) is 0 Å². The summed E-state index contributed by atoms with van der Waals surface area (Å²) in [7, 11) is 0. The monoisotopic (exact) mass is 322 g/mol. The van der Waals surface area contributed by atoms with E-state index in [-0.39, 0.29) is 17.1 Å². The van der Waals surface area contributed by atoms with Gasteiger partial charge in [0.1, 0.15) is 0 Å². The van der Waals surface area contributed by atoms with Crippen molar-refractivity contribution in [2.45, 2.75) is 52.1 Å². The van der Waals surface area contributed by atoms with Gasteiger partial charge in [-0.05, 0) is 32.4 Å². The second kappa shape index (κ2) is 8.15. The Balaban J connectivity index is 2.05. The summed E-state index contributed by atoms with van der Waals surface area (Å²) in [5, 5.41) is 18.7. The number of unbranched alkanes of at least 4 members (excludes halogenated alkanes) is 2. The van der Waals surface area contributed by atoms with Gasteiger partial charge in [0.2, 0.25) is 5.43 Å². The first-order chi connectivity index (χ1) is 11.0. The largest absolute Gasteiger partial charge is 0.503 e. The number of aliphatic carboxylic acids is 1. The van der Waals surface area contributed by atoms with Crippen molar-refractivity contribution in [2.24, 2.45) is 5.92 Å². The number of nitrogens with zero attached hydrogens (tertiary/aromatic N) is 2. The van der Waals surface area contributed by atoms with E-state index in [0.29, 0.717) is 19.4 Å². The number of carbonyl (C=O) groups is 1. The highest BCUT2D eigenvalue weighted by Gasteiger charge is 2.24. The zero-order chi connectivity index (χ0) is 16.8. The van der Waals surface area contributed by atoms with Crippen molar-refractivity contribution in [3.05, 3.63) is 28.2 Å². The first-order valence-corrected chi connectivity index (χ1v) is 8.38. The van der Waals surface area contributed by atoms with Gasteiger partial charge in [-0.15, -0.1) is 0 Å². The minimum Gasteiger partial charge on any atom is -0.503 e. The van der Waals surface area contributed by atoms with E-state index >= 15 is 0 Å². The molecule has 2 N–H and O–H groups in total. The maximum Gasteiger partial charge on any atom is 0.306 e. The number of piperidine rings is 1. The number of aryl methyl sites for hydroxylation is 1. The molecule has 2 heterocycles. The zero-order valence-corrected chi connectivity index (χ0v) is 13.7. The van der Waals surface area contributed by atoms with Gasteiger partial charge in [-0.3, -0.25) is 14.5 Å². The Morgan fingerprint density at radius 2 is 2.00 bits per heavy atom. The Hall–Kier alpha value is -1.82. The van der Waals surface area contributed by atoms with Gasteiger partial charge in [0.25, 0.3) is 0 Å². The number of hydrogen-bond donors (Lipinski definition) is 2. The van der Waals surface area contributed by atoms with Crippen LogP contribution in [0.4, 0.5) is 0 Å². The van der Waals surface area contributed by atoms with Crippen LogP contribution in [0.5, 0.6) is 5.75 Å². The molecule has 0 unspecified atom stereocenters.